The van der Waals surface area contributed by atoms with Gasteiger partial charge in [0.1, 0.15) is 0 Å². The van der Waals surface area contributed by atoms with Crippen molar-refractivity contribution in [2.24, 2.45) is 5.92 Å². The van der Waals surface area contributed by atoms with Crippen molar-refractivity contribution < 1.29 is 4.79 Å². The normalized spacial score (nSPS) is 15.5. The van der Waals surface area contributed by atoms with Gasteiger partial charge < -0.3 is 5.32 Å². The average Bonchev–Trinajstić information content (AvgIpc) is 3.28. The maximum Gasteiger partial charge on any atom is 0.232 e. The number of benzene rings is 2. The van der Waals surface area contributed by atoms with Crippen LogP contribution in [0.3, 0.4) is 0 Å². The van der Waals surface area contributed by atoms with Crippen LogP contribution < -0.4 is 5.32 Å². The van der Waals surface area contributed by atoms with E-state index in [1.165, 1.54) is 5.56 Å². The van der Waals surface area contributed by atoms with E-state index in [-0.39, 0.29) is 11.8 Å². The van der Waals surface area contributed by atoms with Crippen molar-refractivity contribution in [3.8, 4) is 0 Å². The molecule has 0 aliphatic carbocycles. The van der Waals surface area contributed by atoms with E-state index in [1.54, 1.807) is 11.3 Å². The van der Waals surface area contributed by atoms with Crippen LogP contribution in [0.25, 0.3) is 0 Å². The standard InChI is InChI=1S/C25H28N2OS/c28-25(24(22-7-3-1-4-8-22)23-9-5-2-6-10-23)26-17-20-11-14-27(15-12-20)18-21-13-16-29-19-21/h1-10,13,16,19-20,24H,11-12,14-15,17-18H2,(H,26,28). The average molecular weight is 405 g/mol. The highest BCUT2D eigenvalue weighted by Gasteiger charge is 2.24. The molecule has 150 valence electrons. The van der Waals surface area contributed by atoms with E-state index in [4.69, 9.17) is 0 Å². The van der Waals surface area contributed by atoms with Gasteiger partial charge in [-0.25, -0.2) is 0 Å². The Labute approximate surface area is 177 Å². The molecular formula is C25H28N2OS. The third-order valence-electron chi connectivity index (χ3n) is 5.79. The highest BCUT2D eigenvalue weighted by molar-refractivity contribution is 7.07. The molecular weight excluding hydrogens is 376 g/mol. The first-order chi connectivity index (χ1) is 14.3. The van der Waals surface area contributed by atoms with E-state index >= 15 is 0 Å². The molecule has 29 heavy (non-hydrogen) atoms. The second kappa shape index (κ2) is 9.86. The highest BCUT2D eigenvalue weighted by Crippen LogP contribution is 2.25. The zero-order valence-corrected chi connectivity index (χ0v) is 17.5. The Kier molecular flexibility index (Phi) is 6.75. The topological polar surface area (TPSA) is 32.3 Å². The fraction of sp³-hybridized carbons (Fsp3) is 0.320. The lowest BCUT2D eigenvalue weighted by Crippen LogP contribution is -2.39. The highest BCUT2D eigenvalue weighted by atomic mass is 32.1. The number of nitrogens with one attached hydrogen (secondary N) is 1. The van der Waals surface area contributed by atoms with Crippen LogP contribution in [-0.4, -0.2) is 30.4 Å². The Morgan fingerprint density at radius 2 is 1.59 bits per heavy atom. The summed E-state index contributed by atoms with van der Waals surface area (Å²) in [6, 6.07) is 22.4. The molecule has 1 amide bonds. The van der Waals surface area contributed by atoms with Crippen molar-refractivity contribution in [1.82, 2.24) is 10.2 Å². The molecule has 1 aliphatic heterocycles. The number of nitrogens with zero attached hydrogens (tertiary/aromatic N) is 1. The molecule has 4 rings (SSSR count). The summed E-state index contributed by atoms with van der Waals surface area (Å²) in [7, 11) is 0. The van der Waals surface area contributed by atoms with Gasteiger partial charge in [-0.15, -0.1) is 0 Å². The number of rotatable bonds is 7. The van der Waals surface area contributed by atoms with Gasteiger partial charge in [0.05, 0.1) is 5.92 Å². The largest absolute Gasteiger partial charge is 0.355 e. The Morgan fingerprint density at radius 1 is 0.966 bits per heavy atom. The van der Waals surface area contributed by atoms with E-state index in [0.29, 0.717) is 5.92 Å². The summed E-state index contributed by atoms with van der Waals surface area (Å²) in [4.78, 5) is 15.7. The summed E-state index contributed by atoms with van der Waals surface area (Å²) in [6.45, 7) is 4.03. The smallest absolute Gasteiger partial charge is 0.232 e. The molecule has 0 bridgehead atoms. The first-order valence-corrected chi connectivity index (χ1v) is 11.3. The van der Waals surface area contributed by atoms with Gasteiger partial charge in [0, 0.05) is 13.1 Å². The number of hydrogen-bond donors (Lipinski definition) is 1. The van der Waals surface area contributed by atoms with Gasteiger partial charge in [0.15, 0.2) is 0 Å². The van der Waals surface area contributed by atoms with Crippen LogP contribution in [0.15, 0.2) is 77.5 Å². The summed E-state index contributed by atoms with van der Waals surface area (Å²) >= 11 is 1.76. The van der Waals surface area contributed by atoms with E-state index in [2.05, 4.69) is 27.0 Å². The molecule has 3 nitrogen and oxygen atoms in total. The Balaban J connectivity index is 1.33. The van der Waals surface area contributed by atoms with Crippen molar-refractivity contribution in [3.63, 3.8) is 0 Å². The molecule has 1 aliphatic rings. The lowest BCUT2D eigenvalue weighted by molar-refractivity contribution is -0.121. The van der Waals surface area contributed by atoms with Gasteiger partial charge in [0.25, 0.3) is 0 Å². The molecule has 1 fully saturated rings. The second-order valence-electron chi connectivity index (χ2n) is 7.85. The number of thiophene rings is 1. The summed E-state index contributed by atoms with van der Waals surface area (Å²) < 4.78 is 0. The Hall–Kier alpha value is -2.43. The van der Waals surface area contributed by atoms with Crippen LogP contribution in [0.2, 0.25) is 0 Å². The Bertz CT molecular complexity index is 832. The number of carbonyl (C=O) groups excluding carboxylic acids is 1. The fourth-order valence-electron chi connectivity index (χ4n) is 4.12. The van der Waals surface area contributed by atoms with Crippen molar-refractivity contribution >= 4 is 17.2 Å². The molecule has 0 saturated carbocycles. The van der Waals surface area contributed by atoms with Crippen molar-refractivity contribution in [2.75, 3.05) is 19.6 Å². The van der Waals surface area contributed by atoms with Crippen LogP contribution in [-0.2, 0) is 11.3 Å². The summed E-state index contributed by atoms with van der Waals surface area (Å²) in [5.41, 5.74) is 3.50. The van der Waals surface area contributed by atoms with Crippen molar-refractivity contribution in [3.05, 3.63) is 94.2 Å². The maximum atomic E-state index is 13.1. The summed E-state index contributed by atoms with van der Waals surface area (Å²) in [5.74, 6) is 0.407. The zero-order chi connectivity index (χ0) is 19.9. The molecule has 0 radical (unpaired) electrons. The van der Waals surface area contributed by atoms with Gasteiger partial charge in [-0.3, -0.25) is 9.69 Å². The fourth-order valence-corrected chi connectivity index (χ4v) is 4.78. The molecule has 2 aromatic carbocycles. The first-order valence-electron chi connectivity index (χ1n) is 10.4. The number of likely N-dealkylation sites (tertiary alicyclic amines) is 1. The van der Waals surface area contributed by atoms with Crippen molar-refractivity contribution in [2.45, 2.75) is 25.3 Å². The van der Waals surface area contributed by atoms with E-state index in [0.717, 1.165) is 50.1 Å². The molecule has 1 aromatic heterocycles. The minimum atomic E-state index is -0.254. The van der Waals surface area contributed by atoms with Crippen LogP contribution in [0.1, 0.15) is 35.4 Å². The summed E-state index contributed by atoms with van der Waals surface area (Å²) in [5, 5.41) is 7.64. The summed E-state index contributed by atoms with van der Waals surface area (Å²) in [6.07, 6.45) is 2.29. The van der Waals surface area contributed by atoms with Gasteiger partial charge in [-0.05, 0) is 65.4 Å². The molecule has 2 heterocycles. The first kappa shape index (κ1) is 19.9. The van der Waals surface area contributed by atoms with Gasteiger partial charge in [0.2, 0.25) is 5.91 Å². The predicted molar refractivity (Wildman–Crippen MR) is 120 cm³/mol. The third-order valence-corrected chi connectivity index (χ3v) is 6.52. The van der Waals surface area contributed by atoms with E-state index in [9.17, 15) is 4.79 Å². The monoisotopic (exact) mass is 404 g/mol. The van der Waals surface area contributed by atoms with Crippen LogP contribution >= 0.6 is 11.3 Å². The van der Waals surface area contributed by atoms with Gasteiger partial charge in [-0.2, -0.15) is 11.3 Å². The number of piperidine rings is 1. The van der Waals surface area contributed by atoms with Crippen LogP contribution in [0.4, 0.5) is 0 Å². The quantitative estimate of drug-likeness (QED) is 0.607. The molecule has 0 spiro atoms. The van der Waals surface area contributed by atoms with Crippen LogP contribution in [0, 0.1) is 5.92 Å². The molecule has 4 heteroatoms. The van der Waals surface area contributed by atoms with Gasteiger partial charge >= 0.3 is 0 Å². The van der Waals surface area contributed by atoms with Crippen molar-refractivity contribution in [1.29, 1.82) is 0 Å². The van der Waals surface area contributed by atoms with Gasteiger partial charge in [-0.1, -0.05) is 60.7 Å². The predicted octanol–water partition coefficient (Wildman–Crippen LogP) is 4.91. The molecule has 0 unspecified atom stereocenters. The lowest BCUT2D eigenvalue weighted by atomic mass is 9.90. The molecule has 3 aromatic rings. The SMILES string of the molecule is O=C(NCC1CCN(Cc2ccsc2)CC1)C(c1ccccc1)c1ccccc1. The van der Waals surface area contributed by atoms with Crippen LogP contribution in [0.5, 0.6) is 0 Å². The number of amides is 1. The van der Waals surface area contributed by atoms with E-state index < -0.39 is 0 Å². The number of carbonyl (C=O) groups is 1. The minimum absolute atomic E-state index is 0.100. The minimum Gasteiger partial charge on any atom is -0.355 e. The molecule has 1 N–H and O–H groups in total. The van der Waals surface area contributed by atoms with E-state index in [1.807, 2.05) is 60.7 Å². The Morgan fingerprint density at radius 3 is 2.14 bits per heavy atom. The molecule has 0 atom stereocenters. The lowest BCUT2D eigenvalue weighted by Gasteiger charge is -2.32. The second-order valence-corrected chi connectivity index (χ2v) is 8.63. The third kappa shape index (κ3) is 5.34. The molecule has 1 saturated heterocycles. The zero-order valence-electron chi connectivity index (χ0n) is 16.7. The number of hydrogen-bond acceptors (Lipinski definition) is 3. The maximum absolute atomic E-state index is 13.1.